The number of benzene rings is 1. The summed E-state index contributed by atoms with van der Waals surface area (Å²) in [6.07, 6.45) is 1.10. The van der Waals surface area contributed by atoms with Crippen molar-refractivity contribution >= 4 is 27.3 Å². The van der Waals surface area contributed by atoms with Gasteiger partial charge in [0, 0.05) is 42.8 Å². The average molecular weight is 413 g/mol. The van der Waals surface area contributed by atoms with E-state index in [4.69, 9.17) is 9.47 Å². The Bertz CT molecular complexity index is 968. The lowest BCUT2D eigenvalue weighted by molar-refractivity contribution is 0.0369. The number of nitrogens with zero attached hydrogens (tertiary/aromatic N) is 2. The van der Waals surface area contributed by atoms with Crippen LogP contribution in [0.3, 0.4) is 0 Å². The second-order valence-corrected chi connectivity index (χ2v) is 8.43. The number of carbonyl (C=O) groups is 1. The van der Waals surface area contributed by atoms with Crippen molar-refractivity contribution in [1.82, 2.24) is 9.47 Å². The lowest BCUT2D eigenvalue weighted by Gasteiger charge is -2.26. The summed E-state index contributed by atoms with van der Waals surface area (Å²) in [6.45, 7) is 10.5. The maximum atomic E-state index is 12.9. The zero-order valence-electron chi connectivity index (χ0n) is 17.1. The molecule has 0 bridgehead atoms. The Labute approximate surface area is 175 Å². The van der Waals surface area contributed by atoms with Gasteiger partial charge in [0.25, 0.3) is 0 Å². The summed E-state index contributed by atoms with van der Waals surface area (Å²) in [5, 5.41) is 1.16. The Kier molecular flexibility index (Phi) is 6.33. The topological polar surface area (TPSA) is 43.7 Å². The molecule has 4 rings (SSSR count). The number of aryl methyl sites for hydroxylation is 2. The summed E-state index contributed by atoms with van der Waals surface area (Å²) in [6, 6.07) is 11.6. The van der Waals surface area contributed by atoms with Crippen LogP contribution in [0.5, 0.6) is 5.75 Å². The molecular formula is C23H28N2O3S. The van der Waals surface area contributed by atoms with Gasteiger partial charge in [-0.3, -0.25) is 9.69 Å². The van der Waals surface area contributed by atoms with Crippen LogP contribution in [0, 0.1) is 6.92 Å². The van der Waals surface area contributed by atoms with E-state index in [1.54, 1.807) is 11.3 Å². The number of ketones is 1. The average Bonchev–Trinajstić information content (AvgIpc) is 3.27. The molecular weight excluding hydrogens is 384 g/mol. The molecule has 6 heteroatoms. The van der Waals surface area contributed by atoms with Gasteiger partial charge in [0.15, 0.2) is 0 Å². The van der Waals surface area contributed by atoms with Crippen molar-refractivity contribution in [2.45, 2.75) is 26.8 Å². The summed E-state index contributed by atoms with van der Waals surface area (Å²) < 4.78 is 13.3. The predicted molar refractivity (Wildman–Crippen MR) is 117 cm³/mol. The van der Waals surface area contributed by atoms with Crippen LogP contribution in [0.2, 0.25) is 0 Å². The van der Waals surface area contributed by atoms with Crippen LogP contribution in [0.4, 0.5) is 0 Å². The van der Waals surface area contributed by atoms with Gasteiger partial charge in [0.1, 0.15) is 10.6 Å². The quantitative estimate of drug-likeness (QED) is 0.516. The van der Waals surface area contributed by atoms with Gasteiger partial charge in [-0.2, -0.15) is 0 Å². The molecule has 0 atom stereocenters. The number of ether oxygens (including phenoxy) is 2. The van der Waals surface area contributed by atoms with E-state index in [0.717, 1.165) is 61.8 Å². The number of thiophene rings is 1. The van der Waals surface area contributed by atoms with E-state index in [9.17, 15) is 4.79 Å². The molecule has 0 radical (unpaired) electrons. The predicted octanol–water partition coefficient (Wildman–Crippen LogP) is 4.36. The largest absolute Gasteiger partial charge is 0.494 e. The normalized spacial score (nSPS) is 15.1. The number of carbonyl (C=O) groups excluding carboxylic acids is 1. The van der Waals surface area contributed by atoms with Crippen LogP contribution in [0.1, 0.15) is 34.3 Å². The van der Waals surface area contributed by atoms with E-state index in [0.29, 0.717) is 12.2 Å². The molecule has 1 fully saturated rings. The third-order valence-electron chi connectivity index (χ3n) is 5.39. The first-order chi connectivity index (χ1) is 14.2. The van der Waals surface area contributed by atoms with Gasteiger partial charge in [-0.25, -0.2) is 0 Å². The van der Waals surface area contributed by atoms with E-state index in [1.807, 2.05) is 37.3 Å². The first kappa shape index (κ1) is 20.1. The maximum Gasteiger partial charge on any atom is 0.203 e. The monoisotopic (exact) mass is 412 g/mol. The zero-order valence-corrected chi connectivity index (χ0v) is 18.0. The second-order valence-electron chi connectivity index (χ2n) is 7.40. The van der Waals surface area contributed by atoms with Gasteiger partial charge in [0.05, 0.1) is 24.7 Å². The van der Waals surface area contributed by atoms with Gasteiger partial charge in [0.2, 0.25) is 5.78 Å². The summed E-state index contributed by atoms with van der Waals surface area (Å²) in [4.78, 5) is 17.4. The zero-order chi connectivity index (χ0) is 20.2. The summed E-state index contributed by atoms with van der Waals surface area (Å²) >= 11 is 1.60. The Balaban J connectivity index is 1.46. The molecule has 1 aromatic carbocycles. The van der Waals surface area contributed by atoms with Crippen molar-refractivity contribution in [3.8, 4) is 5.75 Å². The molecule has 5 nitrogen and oxygen atoms in total. The molecule has 3 aromatic rings. The van der Waals surface area contributed by atoms with Crippen molar-refractivity contribution in [1.29, 1.82) is 0 Å². The fourth-order valence-electron chi connectivity index (χ4n) is 3.85. The number of fused-ring (bicyclic) bond motifs is 1. The van der Waals surface area contributed by atoms with Crippen LogP contribution < -0.4 is 4.74 Å². The number of hydrogen-bond acceptors (Lipinski definition) is 5. The standard InChI is InChI=1S/C23H28N2O3S/c1-3-28-20-7-5-18(6-8-20)22(26)21-16-19-15-17(2)25(23(19)29-21)10-4-9-24-11-13-27-14-12-24/h5-8,15-16H,3-4,9-14H2,1-2H3. The first-order valence-electron chi connectivity index (χ1n) is 10.3. The number of morpholine rings is 1. The van der Waals surface area contributed by atoms with Crippen molar-refractivity contribution in [3.05, 3.63) is 52.5 Å². The Hall–Kier alpha value is -2.15. The van der Waals surface area contributed by atoms with Crippen LogP contribution in [0.15, 0.2) is 36.4 Å². The molecule has 0 unspecified atom stereocenters. The fourth-order valence-corrected chi connectivity index (χ4v) is 5.04. The first-order valence-corrected chi connectivity index (χ1v) is 11.1. The molecule has 1 aliphatic rings. The summed E-state index contributed by atoms with van der Waals surface area (Å²) in [5.41, 5.74) is 1.96. The van der Waals surface area contributed by atoms with Crippen molar-refractivity contribution in [3.63, 3.8) is 0 Å². The molecule has 1 saturated heterocycles. The maximum absolute atomic E-state index is 12.9. The molecule has 0 amide bonds. The van der Waals surface area contributed by atoms with Crippen LogP contribution in [0.25, 0.3) is 10.2 Å². The van der Waals surface area contributed by atoms with E-state index < -0.39 is 0 Å². The number of aromatic nitrogens is 1. The van der Waals surface area contributed by atoms with Gasteiger partial charge >= 0.3 is 0 Å². The Morgan fingerprint density at radius 2 is 1.90 bits per heavy atom. The molecule has 2 aromatic heterocycles. The van der Waals surface area contributed by atoms with Crippen LogP contribution >= 0.6 is 11.3 Å². The molecule has 0 aliphatic carbocycles. The molecule has 3 heterocycles. The molecule has 0 N–H and O–H groups in total. The van der Waals surface area contributed by atoms with E-state index in [1.165, 1.54) is 10.5 Å². The van der Waals surface area contributed by atoms with Crippen molar-refractivity contribution in [2.75, 3.05) is 39.5 Å². The highest BCUT2D eigenvalue weighted by Crippen LogP contribution is 2.31. The van der Waals surface area contributed by atoms with Gasteiger partial charge in [-0.1, -0.05) is 0 Å². The van der Waals surface area contributed by atoms with Crippen LogP contribution in [-0.2, 0) is 11.3 Å². The van der Waals surface area contributed by atoms with Gasteiger partial charge in [-0.15, -0.1) is 11.3 Å². The molecule has 1 aliphatic heterocycles. The summed E-state index contributed by atoms with van der Waals surface area (Å²) in [5.74, 6) is 0.870. The number of rotatable bonds is 8. The van der Waals surface area contributed by atoms with Crippen LogP contribution in [-0.4, -0.2) is 54.7 Å². The minimum absolute atomic E-state index is 0.0757. The molecule has 154 valence electrons. The minimum Gasteiger partial charge on any atom is -0.494 e. The fraction of sp³-hybridized carbons (Fsp3) is 0.435. The second kappa shape index (κ2) is 9.11. The van der Waals surface area contributed by atoms with E-state index >= 15 is 0 Å². The third-order valence-corrected chi connectivity index (χ3v) is 6.56. The molecule has 0 saturated carbocycles. The SMILES string of the molecule is CCOc1ccc(C(=O)c2cc3cc(C)n(CCCN4CCOCC4)c3s2)cc1. The lowest BCUT2D eigenvalue weighted by Crippen LogP contribution is -2.37. The highest BCUT2D eigenvalue weighted by atomic mass is 32.1. The lowest BCUT2D eigenvalue weighted by atomic mass is 10.1. The van der Waals surface area contributed by atoms with Gasteiger partial charge in [-0.05, 0) is 56.7 Å². The smallest absolute Gasteiger partial charge is 0.203 e. The molecule has 29 heavy (non-hydrogen) atoms. The minimum atomic E-state index is 0.0757. The van der Waals surface area contributed by atoms with Gasteiger partial charge < -0.3 is 14.0 Å². The van der Waals surface area contributed by atoms with Crippen molar-refractivity contribution in [2.24, 2.45) is 0 Å². The highest BCUT2D eigenvalue weighted by Gasteiger charge is 2.17. The third kappa shape index (κ3) is 4.55. The van der Waals surface area contributed by atoms with Crippen molar-refractivity contribution < 1.29 is 14.3 Å². The highest BCUT2D eigenvalue weighted by molar-refractivity contribution is 7.20. The Morgan fingerprint density at radius 3 is 2.62 bits per heavy atom. The molecule has 0 spiro atoms. The van der Waals surface area contributed by atoms with E-state index in [2.05, 4.69) is 22.5 Å². The summed E-state index contributed by atoms with van der Waals surface area (Å²) in [7, 11) is 0. The van der Waals surface area contributed by atoms with E-state index in [-0.39, 0.29) is 5.78 Å². The Morgan fingerprint density at radius 1 is 1.14 bits per heavy atom. The number of hydrogen-bond donors (Lipinski definition) is 0.